The molecule has 1 aliphatic rings. The molecular weight excluding hydrogens is 386 g/mol. The van der Waals surface area contributed by atoms with Crippen LogP contribution in [-0.2, 0) is 14.4 Å². The summed E-state index contributed by atoms with van der Waals surface area (Å²) < 4.78 is 0. The molecule has 2 amide bonds. The number of carboxylic acids is 1. The summed E-state index contributed by atoms with van der Waals surface area (Å²) in [7, 11) is 0. The number of hydrogen-bond donors (Lipinski definition) is 3. The summed E-state index contributed by atoms with van der Waals surface area (Å²) in [5.41, 5.74) is 0.483. The lowest BCUT2D eigenvalue weighted by molar-refractivity contribution is -0.148. The Morgan fingerprint density at radius 1 is 1.20 bits per heavy atom. The average molecular weight is 418 g/mol. The summed E-state index contributed by atoms with van der Waals surface area (Å²) in [6.07, 6.45) is 3.29. The van der Waals surface area contributed by atoms with Gasteiger partial charge in [0.1, 0.15) is 6.04 Å². The van der Waals surface area contributed by atoms with E-state index in [1.165, 1.54) is 4.90 Å². The fraction of sp³-hybridized carbons (Fsp3) is 0.545. The third-order valence-electron chi connectivity index (χ3n) is 5.35. The highest BCUT2D eigenvalue weighted by atomic mass is 16.4. The highest BCUT2D eigenvalue weighted by molar-refractivity contribution is 5.98. The van der Waals surface area contributed by atoms with Crippen molar-refractivity contribution in [2.45, 2.75) is 64.1 Å². The van der Waals surface area contributed by atoms with Crippen molar-refractivity contribution in [3.05, 3.63) is 35.9 Å². The van der Waals surface area contributed by atoms with Gasteiger partial charge < -0.3 is 15.3 Å². The van der Waals surface area contributed by atoms with E-state index in [9.17, 15) is 24.3 Å². The molecule has 164 valence electrons. The number of benzene rings is 1. The standard InChI is InChI=1S/C22H31N3O5/c1-3-4-11-17(24-20(27)16-9-6-5-7-10-16)19(26)14-23-15(2)21(28)25-13-8-12-18(25)22(29)30/h5-7,9-10,15,17-18,23H,3-4,8,11-14H2,1-2H3,(H,24,27)(H,29,30)/t15-,17?,18-/m0/s1. The average Bonchev–Trinajstić information content (AvgIpc) is 3.24. The van der Waals surface area contributed by atoms with Crippen LogP contribution in [0.15, 0.2) is 30.3 Å². The number of carboxylic acid groups (broad SMARTS) is 1. The fourth-order valence-corrected chi connectivity index (χ4v) is 3.55. The third kappa shape index (κ3) is 6.38. The second-order valence-corrected chi connectivity index (χ2v) is 7.63. The van der Waals surface area contributed by atoms with Crippen molar-refractivity contribution < 1.29 is 24.3 Å². The lowest BCUT2D eigenvalue weighted by Crippen LogP contribution is -2.51. The lowest BCUT2D eigenvalue weighted by Gasteiger charge is -2.26. The van der Waals surface area contributed by atoms with Gasteiger partial charge >= 0.3 is 5.97 Å². The van der Waals surface area contributed by atoms with Gasteiger partial charge in [-0.1, -0.05) is 38.0 Å². The van der Waals surface area contributed by atoms with Gasteiger partial charge in [0.15, 0.2) is 5.78 Å². The number of amides is 2. The summed E-state index contributed by atoms with van der Waals surface area (Å²) in [5.74, 6) is -1.85. The zero-order chi connectivity index (χ0) is 22.1. The van der Waals surface area contributed by atoms with Crippen molar-refractivity contribution in [3.8, 4) is 0 Å². The first-order valence-electron chi connectivity index (χ1n) is 10.5. The smallest absolute Gasteiger partial charge is 0.326 e. The highest BCUT2D eigenvalue weighted by Gasteiger charge is 2.36. The first-order valence-corrected chi connectivity index (χ1v) is 10.5. The van der Waals surface area contributed by atoms with Crippen molar-refractivity contribution in [1.29, 1.82) is 0 Å². The van der Waals surface area contributed by atoms with E-state index in [1.54, 1.807) is 31.2 Å². The monoisotopic (exact) mass is 417 g/mol. The maximum atomic E-state index is 12.7. The Kier molecular flexibility index (Phi) is 8.98. The van der Waals surface area contributed by atoms with Gasteiger partial charge in [-0.25, -0.2) is 4.79 Å². The van der Waals surface area contributed by atoms with E-state index in [0.29, 0.717) is 31.4 Å². The minimum atomic E-state index is -1.01. The van der Waals surface area contributed by atoms with Gasteiger partial charge in [-0.15, -0.1) is 0 Å². The molecule has 30 heavy (non-hydrogen) atoms. The molecule has 1 aliphatic heterocycles. The number of Topliss-reactive ketones (excluding diaryl/α,β-unsaturated/α-hetero) is 1. The second-order valence-electron chi connectivity index (χ2n) is 7.63. The third-order valence-corrected chi connectivity index (χ3v) is 5.35. The van der Waals surface area contributed by atoms with Crippen LogP contribution in [0.4, 0.5) is 0 Å². The molecule has 1 heterocycles. The molecular formula is C22H31N3O5. The second kappa shape index (κ2) is 11.4. The number of rotatable bonds is 11. The molecule has 0 spiro atoms. The maximum Gasteiger partial charge on any atom is 0.326 e. The molecule has 0 radical (unpaired) electrons. The Labute approximate surface area is 177 Å². The van der Waals surface area contributed by atoms with Crippen LogP contribution < -0.4 is 10.6 Å². The fourth-order valence-electron chi connectivity index (χ4n) is 3.55. The highest BCUT2D eigenvalue weighted by Crippen LogP contribution is 2.18. The Hall–Kier alpha value is -2.74. The summed E-state index contributed by atoms with van der Waals surface area (Å²) in [5, 5.41) is 15.0. The van der Waals surface area contributed by atoms with Crippen LogP contribution in [0, 0.1) is 0 Å². The predicted molar refractivity (Wildman–Crippen MR) is 112 cm³/mol. The molecule has 3 atom stereocenters. The molecule has 0 aromatic heterocycles. The van der Waals surface area contributed by atoms with E-state index in [4.69, 9.17) is 0 Å². The number of nitrogens with zero attached hydrogens (tertiary/aromatic N) is 1. The molecule has 0 aliphatic carbocycles. The van der Waals surface area contributed by atoms with Gasteiger partial charge in [-0.2, -0.15) is 0 Å². The van der Waals surface area contributed by atoms with Crippen LogP contribution in [0.3, 0.4) is 0 Å². The molecule has 1 fully saturated rings. The van der Waals surface area contributed by atoms with Crippen LogP contribution >= 0.6 is 0 Å². The number of likely N-dealkylation sites (tertiary alicyclic amines) is 1. The van der Waals surface area contributed by atoms with E-state index >= 15 is 0 Å². The molecule has 0 bridgehead atoms. The Morgan fingerprint density at radius 2 is 1.90 bits per heavy atom. The molecule has 1 saturated heterocycles. The summed E-state index contributed by atoms with van der Waals surface area (Å²) in [6.45, 7) is 3.95. The maximum absolute atomic E-state index is 12.7. The number of carbonyl (C=O) groups excluding carboxylic acids is 3. The van der Waals surface area contributed by atoms with Gasteiger partial charge in [0.2, 0.25) is 5.91 Å². The summed E-state index contributed by atoms with van der Waals surface area (Å²) >= 11 is 0. The van der Waals surface area contributed by atoms with Crippen LogP contribution in [0.5, 0.6) is 0 Å². The van der Waals surface area contributed by atoms with Crippen molar-refractivity contribution in [2.75, 3.05) is 13.1 Å². The molecule has 0 saturated carbocycles. The van der Waals surface area contributed by atoms with E-state index in [1.807, 2.05) is 13.0 Å². The lowest BCUT2D eigenvalue weighted by atomic mass is 10.0. The molecule has 2 rings (SSSR count). The van der Waals surface area contributed by atoms with Crippen molar-refractivity contribution >= 4 is 23.6 Å². The molecule has 1 aromatic carbocycles. The van der Waals surface area contributed by atoms with E-state index < -0.39 is 24.1 Å². The first kappa shape index (κ1) is 23.5. The molecule has 8 heteroatoms. The normalized spacial score (nSPS) is 17.9. The van der Waals surface area contributed by atoms with Crippen LogP contribution in [0.1, 0.15) is 56.3 Å². The minimum absolute atomic E-state index is 0.0814. The first-order chi connectivity index (χ1) is 14.3. The van der Waals surface area contributed by atoms with Crippen LogP contribution in [0.2, 0.25) is 0 Å². The number of unbranched alkanes of at least 4 members (excludes halogenated alkanes) is 1. The molecule has 8 nitrogen and oxygen atoms in total. The van der Waals surface area contributed by atoms with Gasteiger partial charge in [-0.3, -0.25) is 19.7 Å². The summed E-state index contributed by atoms with van der Waals surface area (Å²) in [4.78, 5) is 50.4. The number of hydrogen-bond acceptors (Lipinski definition) is 5. The van der Waals surface area contributed by atoms with E-state index in [-0.39, 0.29) is 24.1 Å². The Morgan fingerprint density at radius 3 is 2.53 bits per heavy atom. The topological polar surface area (TPSA) is 116 Å². The zero-order valence-electron chi connectivity index (χ0n) is 17.6. The molecule has 1 unspecified atom stereocenters. The molecule has 3 N–H and O–H groups in total. The van der Waals surface area contributed by atoms with Gasteiger partial charge in [-0.05, 0) is 38.3 Å². The number of ketones is 1. The Balaban J connectivity index is 1.93. The predicted octanol–water partition coefficient (Wildman–Crippen LogP) is 1.60. The van der Waals surface area contributed by atoms with Crippen LogP contribution in [0.25, 0.3) is 0 Å². The number of carbonyl (C=O) groups is 4. The minimum Gasteiger partial charge on any atom is -0.480 e. The van der Waals surface area contributed by atoms with E-state index in [2.05, 4.69) is 10.6 Å². The molecule has 1 aromatic rings. The van der Waals surface area contributed by atoms with Crippen LogP contribution in [-0.4, -0.2) is 64.8 Å². The largest absolute Gasteiger partial charge is 0.480 e. The van der Waals surface area contributed by atoms with Gasteiger partial charge in [0, 0.05) is 12.1 Å². The van der Waals surface area contributed by atoms with Gasteiger partial charge in [0.25, 0.3) is 5.91 Å². The van der Waals surface area contributed by atoms with E-state index in [0.717, 1.165) is 12.8 Å². The van der Waals surface area contributed by atoms with Crippen molar-refractivity contribution in [3.63, 3.8) is 0 Å². The number of nitrogens with one attached hydrogen (secondary N) is 2. The zero-order valence-corrected chi connectivity index (χ0v) is 17.6. The quantitative estimate of drug-likeness (QED) is 0.504. The van der Waals surface area contributed by atoms with Crippen molar-refractivity contribution in [1.82, 2.24) is 15.5 Å². The van der Waals surface area contributed by atoms with Gasteiger partial charge in [0.05, 0.1) is 18.6 Å². The van der Waals surface area contributed by atoms with Crippen molar-refractivity contribution in [2.24, 2.45) is 0 Å². The summed E-state index contributed by atoms with van der Waals surface area (Å²) in [6, 6.07) is 6.56. The number of aliphatic carboxylic acids is 1. The Bertz CT molecular complexity index is 752. The SMILES string of the molecule is CCCCC(NC(=O)c1ccccc1)C(=O)CN[C@@H](C)C(=O)N1CCC[C@H]1C(=O)O.